The van der Waals surface area contributed by atoms with E-state index in [1.54, 1.807) is 0 Å². The van der Waals surface area contributed by atoms with Crippen LogP contribution in [0.15, 0.2) is 388 Å². The van der Waals surface area contributed by atoms with Crippen molar-refractivity contribution in [2.24, 2.45) is 0 Å². The van der Waals surface area contributed by atoms with E-state index < -0.39 is 10.8 Å². The van der Waals surface area contributed by atoms with Crippen molar-refractivity contribution in [1.29, 1.82) is 0 Å². The average molecular weight is 1490 g/mol. The third-order valence-corrected chi connectivity index (χ3v) is 23.5. The molecule has 540 valence electrons. The van der Waals surface area contributed by atoms with Gasteiger partial charge in [0.2, 0.25) is 0 Å². The summed E-state index contributed by atoms with van der Waals surface area (Å²) in [6.45, 7) is 0. The number of rotatable bonds is 7. The minimum Gasteiger partial charge on any atom is -0.457 e. The van der Waals surface area contributed by atoms with Crippen molar-refractivity contribution in [3.8, 4) is 130 Å². The SMILES string of the molecule is Clc1ccc2c(c1)C1(c3ccccc3Oc3ccccc31)c1cccc(-c3nc(-c4ccccc4)nc(-c4ccccc4)n3)c1-2.c1ccc(-c2nc(-c3ccccc3)nc(-c3cccc4c3-c3ccc(-n5c6ccccc6c6ccccc65)cc3C43c4ccccc4Oc4ccccc43)n2)cc1.c1ccc2c(c1)Cc1ccccc1-2. The number of ether oxygens (including phenoxy) is 2. The van der Waals surface area contributed by atoms with Crippen molar-refractivity contribution < 1.29 is 9.47 Å². The molecule has 0 amide bonds. The zero-order valence-electron chi connectivity index (χ0n) is 62.0. The van der Waals surface area contributed by atoms with E-state index in [1.165, 1.54) is 55.2 Å². The normalized spacial score (nSPS) is 13.2. The zero-order chi connectivity index (χ0) is 76.1. The molecule has 3 aliphatic carbocycles. The second-order valence-electron chi connectivity index (χ2n) is 29.5. The second kappa shape index (κ2) is 27.3. The third kappa shape index (κ3) is 10.8. The zero-order valence-corrected chi connectivity index (χ0v) is 62.7. The van der Waals surface area contributed by atoms with Gasteiger partial charge < -0.3 is 14.0 Å². The number of hydrogen-bond acceptors (Lipinski definition) is 8. The van der Waals surface area contributed by atoms with Gasteiger partial charge in [0.15, 0.2) is 34.9 Å². The summed E-state index contributed by atoms with van der Waals surface area (Å²) >= 11 is 6.79. The van der Waals surface area contributed by atoms with Gasteiger partial charge in [-0.15, -0.1) is 0 Å². The van der Waals surface area contributed by atoms with E-state index >= 15 is 0 Å². The summed E-state index contributed by atoms with van der Waals surface area (Å²) < 4.78 is 15.6. The maximum Gasteiger partial charge on any atom is 0.164 e. The summed E-state index contributed by atoms with van der Waals surface area (Å²) in [5.74, 6) is 7.12. The number of hydrogen-bond donors (Lipinski definition) is 0. The van der Waals surface area contributed by atoms with Crippen molar-refractivity contribution in [2.45, 2.75) is 17.3 Å². The molecule has 10 heteroatoms. The van der Waals surface area contributed by atoms with Crippen LogP contribution in [-0.4, -0.2) is 34.5 Å². The maximum absolute atomic E-state index is 6.79. The van der Waals surface area contributed by atoms with E-state index in [4.69, 9.17) is 51.0 Å². The highest BCUT2D eigenvalue weighted by molar-refractivity contribution is 6.31. The van der Waals surface area contributed by atoms with E-state index in [0.717, 1.165) is 124 Å². The Morgan fingerprint density at radius 2 is 0.557 bits per heavy atom. The molecule has 5 heterocycles. The Bertz CT molecular complexity index is 6800. The molecule has 0 fully saturated rings. The van der Waals surface area contributed by atoms with Crippen LogP contribution in [0.1, 0.15) is 55.6 Å². The fourth-order valence-electron chi connectivity index (χ4n) is 18.5. The van der Waals surface area contributed by atoms with E-state index in [1.807, 2.05) is 127 Å². The summed E-state index contributed by atoms with van der Waals surface area (Å²) in [6.07, 6.45) is 1.10. The van der Waals surface area contributed by atoms with Gasteiger partial charge in [-0.1, -0.05) is 339 Å². The van der Waals surface area contributed by atoms with Gasteiger partial charge in [0.25, 0.3) is 0 Å². The summed E-state index contributed by atoms with van der Waals surface area (Å²) in [7, 11) is 0. The summed E-state index contributed by atoms with van der Waals surface area (Å²) in [5.41, 5.74) is 26.9. The van der Waals surface area contributed by atoms with Gasteiger partial charge in [-0.05, 0) is 134 Å². The number of para-hydroxylation sites is 6. The summed E-state index contributed by atoms with van der Waals surface area (Å²) in [6, 6.07) is 135. The monoisotopic (exact) mass is 1490 g/mol. The molecule has 0 unspecified atom stereocenters. The molecule has 2 aliphatic heterocycles. The van der Waals surface area contributed by atoms with Crippen LogP contribution in [0.4, 0.5) is 0 Å². The lowest BCUT2D eigenvalue weighted by molar-refractivity contribution is 0.436. The Morgan fingerprint density at radius 1 is 0.243 bits per heavy atom. The largest absolute Gasteiger partial charge is 0.457 e. The van der Waals surface area contributed by atoms with Crippen molar-refractivity contribution in [3.05, 3.63) is 449 Å². The van der Waals surface area contributed by atoms with Crippen LogP contribution in [0.2, 0.25) is 5.02 Å². The van der Waals surface area contributed by atoms with Gasteiger partial charge in [-0.3, -0.25) is 0 Å². The van der Waals surface area contributed by atoms with Crippen LogP contribution in [0.5, 0.6) is 23.0 Å². The van der Waals surface area contributed by atoms with E-state index in [9.17, 15) is 0 Å². The lowest BCUT2D eigenvalue weighted by atomic mass is 9.66. The maximum atomic E-state index is 6.79. The molecular formula is C105H66ClN7O2. The molecular weight excluding hydrogens is 1430 g/mol. The standard InChI is InChI=1S/C52H32N4O.C40H24ClN3O.C13H10/c1-3-16-33(17-4-1)49-53-50(34-18-5-2-6-19-34)55-51(54-49)39-22-15-25-42-48(39)38-31-30-35(56-44-26-11-7-20-36(44)37-21-8-12-27-45(37)56)32-43(38)52(42)40-23-9-13-28-46(40)57-47-29-14-10-24-41(47)52;41-27-22-23-28-33(24-27)40(30-17-7-9-20-34(30)45-35-21-10-8-18-31(35)40)32-19-11-16-29(36(28)32)39-43-37(25-12-3-1-4-13-25)42-38(44-39)26-14-5-2-6-15-26;1-3-7-12-10(5-1)9-11-6-2-4-8-13(11)12/h1-32H;1-24H;1-8H,9H2. The number of aromatic nitrogens is 7. The van der Waals surface area contributed by atoms with Crippen LogP contribution < -0.4 is 9.47 Å². The molecule has 0 N–H and O–H groups in total. The minimum absolute atomic E-state index is 0.617. The third-order valence-electron chi connectivity index (χ3n) is 23.3. The minimum atomic E-state index is -0.696. The first kappa shape index (κ1) is 67.2. The molecule has 0 saturated heterocycles. The van der Waals surface area contributed by atoms with Crippen molar-refractivity contribution in [2.75, 3.05) is 0 Å². The van der Waals surface area contributed by atoms with Gasteiger partial charge in [-0.2, -0.15) is 0 Å². The first-order chi connectivity index (χ1) is 56.9. The molecule has 3 aromatic heterocycles. The lowest BCUT2D eigenvalue weighted by Crippen LogP contribution is -2.32. The lowest BCUT2D eigenvalue weighted by Gasteiger charge is -2.39. The number of halogens is 1. The van der Waals surface area contributed by atoms with Crippen LogP contribution in [0, 0.1) is 0 Å². The second-order valence-corrected chi connectivity index (χ2v) is 29.9. The Balaban J connectivity index is 0.000000123. The topological polar surface area (TPSA) is 101 Å². The number of nitrogens with zero attached hydrogens (tertiary/aromatic N) is 7. The van der Waals surface area contributed by atoms with Crippen molar-refractivity contribution in [3.63, 3.8) is 0 Å². The quantitative estimate of drug-likeness (QED) is 0.156. The molecule has 24 rings (SSSR count). The Labute approximate surface area is 669 Å². The Morgan fingerprint density at radius 3 is 0.965 bits per heavy atom. The van der Waals surface area contributed by atoms with E-state index in [0.29, 0.717) is 40.0 Å². The average Bonchev–Trinajstić information content (AvgIpc) is 1.53. The van der Waals surface area contributed by atoms with Crippen molar-refractivity contribution in [1.82, 2.24) is 34.5 Å². The van der Waals surface area contributed by atoms with Gasteiger partial charge in [0.1, 0.15) is 23.0 Å². The highest BCUT2D eigenvalue weighted by Gasteiger charge is 2.54. The van der Waals surface area contributed by atoms with Gasteiger partial charge in [0.05, 0.1) is 21.9 Å². The fraction of sp³-hybridized carbons (Fsp3) is 0.0286. The molecule has 16 aromatic carbocycles. The first-order valence-electron chi connectivity index (χ1n) is 38.8. The first-order valence-corrected chi connectivity index (χ1v) is 39.2. The van der Waals surface area contributed by atoms with Gasteiger partial charge >= 0.3 is 0 Å². The van der Waals surface area contributed by atoms with Crippen LogP contribution >= 0.6 is 11.6 Å². The molecule has 2 spiro atoms. The van der Waals surface area contributed by atoms with Crippen LogP contribution in [-0.2, 0) is 17.3 Å². The molecule has 5 aliphatic rings. The molecule has 9 nitrogen and oxygen atoms in total. The summed E-state index contributed by atoms with van der Waals surface area (Å²) in [4.78, 5) is 30.7. The molecule has 0 atom stereocenters. The predicted molar refractivity (Wildman–Crippen MR) is 461 cm³/mol. The highest BCUT2D eigenvalue weighted by Crippen LogP contribution is 2.66. The van der Waals surface area contributed by atoms with Crippen LogP contribution in [0.3, 0.4) is 0 Å². The van der Waals surface area contributed by atoms with E-state index in [-0.39, 0.29) is 0 Å². The molecule has 0 radical (unpaired) electrons. The van der Waals surface area contributed by atoms with Gasteiger partial charge in [0, 0.05) is 77.1 Å². The molecule has 0 bridgehead atoms. The highest BCUT2D eigenvalue weighted by atomic mass is 35.5. The van der Waals surface area contributed by atoms with Crippen molar-refractivity contribution >= 4 is 33.4 Å². The molecule has 19 aromatic rings. The number of benzene rings is 16. The van der Waals surface area contributed by atoms with Gasteiger partial charge in [-0.25, -0.2) is 29.9 Å². The molecule has 115 heavy (non-hydrogen) atoms. The smallest absolute Gasteiger partial charge is 0.164 e. The predicted octanol–water partition coefficient (Wildman–Crippen LogP) is 25.7. The van der Waals surface area contributed by atoms with E-state index in [2.05, 4.69) is 265 Å². The fourth-order valence-corrected chi connectivity index (χ4v) is 18.7. The number of fused-ring (bicyclic) bond motifs is 24. The van der Waals surface area contributed by atoms with Crippen LogP contribution in [0.25, 0.3) is 129 Å². The molecule has 0 saturated carbocycles. The summed E-state index contributed by atoms with van der Waals surface area (Å²) in [5, 5.41) is 3.14. The Hall–Kier alpha value is -14.8. The Kier molecular flexibility index (Phi) is 15.9.